The summed E-state index contributed by atoms with van der Waals surface area (Å²) in [5.74, 6) is 0. The van der Waals surface area contributed by atoms with Gasteiger partial charge in [-0.2, -0.15) is 11.1 Å². The van der Waals surface area contributed by atoms with Crippen LogP contribution < -0.4 is 0 Å². The first kappa shape index (κ1) is 31.9. The van der Waals surface area contributed by atoms with Crippen LogP contribution >= 0.6 is 24.8 Å². The molecule has 0 nitrogen and oxygen atoms in total. The van der Waals surface area contributed by atoms with Crippen LogP contribution in [0.4, 0.5) is 0 Å². The molecule has 0 amide bonds. The molecule has 4 aromatic carbocycles. The van der Waals surface area contributed by atoms with Crippen molar-refractivity contribution in [3.05, 3.63) is 97.8 Å². The van der Waals surface area contributed by atoms with Gasteiger partial charge in [-0.3, -0.25) is 0 Å². The number of halogens is 2. The minimum absolute atomic E-state index is 0. The Labute approximate surface area is 197 Å². The molecule has 0 aliphatic carbocycles. The van der Waals surface area contributed by atoms with Gasteiger partial charge in [0.05, 0.1) is 0 Å². The molecule has 0 atom stereocenters. The van der Waals surface area contributed by atoms with Gasteiger partial charge < -0.3 is 14.9 Å². The van der Waals surface area contributed by atoms with Crippen LogP contribution in [0.5, 0.6) is 0 Å². The second-order valence-electron chi connectivity index (χ2n) is 6.08. The molecule has 4 rings (SSSR count). The van der Waals surface area contributed by atoms with E-state index < -0.39 is 0 Å². The van der Waals surface area contributed by atoms with Crippen LogP contribution in [-0.2, 0) is 19.2 Å². The molecule has 2 radical (unpaired) electrons. The predicted molar refractivity (Wildman–Crippen MR) is 131 cm³/mol. The summed E-state index contributed by atoms with van der Waals surface area (Å²) in [7, 11) is 2.97. The van der Waals surface area contributed by atoms with Crippen molar-refractivity contribution in [2.24, 2.45) is 0 Å². The molecule has 0 saturated carbocycles. The van der Waals surface area contributed by atoms with E-state index in [0.29, 0.717) is 0 Å². The van der Waals surface area contributed by atoms with Crippen molar-refractivity contribution in [2.45, 2.75) is 27.7 Å². The van der Waals surface area contributed by atoms with E-state index in [0.717, 1.165) is 0 Å². The van der Waals surface area contributed by atoms with Gasteiger partial charge in [0, 0.05) is 0 Å². The van der Waals surface area contributed by atoms with Crippen LogP contribution in [0.25, 0.3) is 21.5 Å². The van der Waals surface area contributed by atoms with Gasteiger partial charge in [-0.1, -0.05) is 39.8 Å². The predicted octanol–water partition coefficient (Wildman–Crippen LogP) is 7.71. The van der Waals surface area contributed by atoms with Crippen LogP contribution in [-0.4, -0.2) is 7.63 Å². The van der Waals surface area contributed by atoms with E-state index in [1.807, 2.05) is 0 Å². The van der Waals surface area contributed by atoms with Gasteiger partial charge >= 0.3 is 26.8 Å². The number of aryl methyl sites for hydroxylation is 4. The van der Waals surface area contributed by atoms with E-state index in [4.69, 9.17) is 0 Å². The topological polar surface area (TPSA) is 0 Å². The van der Waals surface area contributed by atoms with Crippen molar-refractivity contribution >= 4 is 54.0 Å². The molecule has 0 N–H and O–H groups in total. The summed E-state index contributed by atoms with van der Waals surface area (Å²) < 4.78 is 0. The van der Waals surface area contributed by atoms with Gasteiger partial charge in [-0.15, -0.1) is 106 Å². The zero-order chi connectivity index (χ0) is 17.7. The Hall–Kier alpha value is -0.829. The van der Waals surface area contributed by atoms with Crippen molar-refractivity contribution in [3.63, 3.8) is 0 Å². The average Bonchev–Trinajstić information content (AvgIpc) is 3.07. The standard InChI is InChI=1S/2C11H11.2CH3.2ClH.Si.Ti/c2*1-8-7-10-5-3-4-6-11(10)9(8)2;;;;;;/h2*3-7H,1-2H3;2*1H3;2*1H;;/q4*-1;;;;. The molecular weight excluding hydrogens is 435 g/mol. The molecule has 0 heterocycles. The number of benzene rings is 2. The van der Waals surface area contributed by atoms with Crippen molar-refractivity contribution in [1.29, 1.82) is 0 Å². The summed E-state index contributed by atoms with van der Waals surface area (Å²) in [6.45, 7) is 8.68. The molecule has 0 saturated heterocycles. The SMILES string of the molecule is Cc1[cH-]c2ccccc2c1C.Cc1[cH-]c2ccccc2c1C.Cl.Cl.[CH3-].[CH3-].[Si]=[Ti]. The summed E-state index contributed by atoms with van der Waals surface area (Å²) in [5, 5.41) is 5.51. The normalized spacial score (nSPS) is 8.54. The van der Waals surface area contributed by atoms with E-state index in [1.54, 1.807) is 19.2 Å². The Bertz CT molecular complexity index is 876. The molecule has 4 aromatic rings. The average molecular weight is 465 g/mol. The third-order valence-corrected chi connectivity index (χ3v) is 4.66. The minimum atomic E-state index is 0. The van der Waals surface area contributed by atoms with E-state index in [2.05, 4.69) is 96.0 Å². The Morgan fingerprint density at radius 1 is 0.607 bits per heavy atom. The van der Waals surface area contributed by atoms with E-state index in [-0.39, 0.29) is 39.7 Å². The third-order valence-electron chi connectivity index (χ3n) is 4.66. The van der Waals surface area contributed by atoms with Crippen LogP contribution in [0.15, 0.2) is 60.7 Å². The molecule has 0 aromatic heterocycles. The van der Waals surface area contributed by atoms with Gasteiger partial charge in [-0.25, -0.2) is 0 Å². The molecule has 0 aliphatic heterocycles. The zero-order valence-corrected chi connectivity index (χ0v) is 21.8. The Balaban J connectivity index is -0.000000363. The number of rotatable bonds is 0. The van der Waals surface area contributed by atoms with Crippen molar-refractivity contribution in [2.75, 3.05) is 0 Å². The van der Waals surface area contributed by atoms with E-state index in [9.17, 15) is 0 Å². The quantitative estimate of drug-likeness (QED) is 0.184. The van der Waals surface area contributed by atoms with Crippen LogP contribution in [0.2, 0.25) is 0 Å². The fraction of sp³-hybridized carbons (Fsp3) is 0.167. The van der Waals surface area contributed by atoms with Crippen LogP contribution in [0, 0.1) is 42.5 Å². The molecule has 0 spiro atoms. The van der Waals surface area contributed by atoms with Crippen molar-refractivity contribution in [3.8, 4) is 0 Å². The van der Waals surface area contributed by atoms with Crippen LogP contribution in [0.3, 0.4) is 0 Å². The molecular formula is C24H30Cl2SiTi-4. The molecule has 28 heavy (non-hydrogen) atoms. The fourth-order valence-corrected chi connectivity index (χ4v) is 3.04. The van der Waals surface area contributed by atoms with Gasteiger partial charge in [-0.05, 0) is 0 Å². The molecule has 0 unspecified atom stereocenters. The molecule has 0 aliphatic rings. The molecule has 0 fully saturated rings. The van der Waals surface area contributed by atoms with Crippen molar-refractivity contribution in [1.82, 2.24) is 0 Å². The maximum absolute atomic E-state index is 2.97. The second kappa shape index (κ2) is 15.1. The number of hydrogen-bond donors (Lipinski definition) is 0. The summed E-state index contributed by atoms with van der Waals surface area (Å²) >= 11 is 1.81. The van der Waals surface area contributed by atoms with E-state index in [1.165, 1.54) is 43.8 Å². The molecule has 0 bridgehead atoms. The monoisotopic (exact) mass is 464 g/mol. The van der Waals surface area contributed by atoms with Gasteiger partial charge in [0.15, 0.2) is 0 Å². The third kappa shape index (κ3) is 7.21. The summed E-state index contributed by atoms with van der Waals surface area (Å²) in [6.07, 6.45) is 0. The van der Waals surface area contributed by atoms with Gasteiger partial charge in [0.2, 0.25) is 0 Å². The van der Waals surface area contributed by atoms with Gasteiger partial charge in [0.1, 0.15) is 0 Å². The van der Waals surface area contributed by atoms with E-state index >= 15 is 0 Å². The first-order valence-electron chi connectivity index (χ1n) is 8.06. The Morgan fingerprint density at radius 3 is 1.18 bits per heavy atom. The first-order valence-corrected chi connectivity index (χ1v) is 10.9. The van der Waals surface area contributed by atoms with Crippen molar-refractivity contribution < 1.29 is 19.2 Å². The number of fused-ring (bicyclic) bond motifs is 2. The second-order valence-corrected chi connectivity index (χ2v) is 6.08. The Kier molecular flexibility index (Phi) is 17.1. The molecule has 4 heteroatoms. The maximum atomic E-state index is 2.97. The van der Waals surface area contributed by atoms with Gasteiger partial charge in [0.25, 0.3) is 0 Å². The number of hydrogen-bond acceptors (Lipinski definition) is 0. The summed E-state index contributed by atoms with van der Waals surface area (Å²) in [6, 6.07) is 21.5. The zero-order valence-electron chi connectivity index (χ0n) is 17.6. The first-order chi connectivity index (χ1) is 11.6. The fourth-order valence-electron chi connectivity index (χ4n) is 3.04. The summed E-state index contributed by atoms with van der Waals surface area (Å²) in [5.41, 5.74) is 5.62. The summed E-state index contributed by atoms with van der Waals surface area (Å²) in [4.78, 5) is 0. The van der Waals surface area contributed by atoms with Crippen LogP contribution in [0.1, 0.15) is 22.3 Å². The Morgan fingerprint density at radius 2 is 0.893 bits per heavy atom. The molecule has 152 valence electrons.